The summed E-state index contributed by atoms with van der Waals surface area (Å²) in [6.45, 7) is 6.21. The molecule has 4 aromatic rings. The van der Waals surface area contributed by atoms with Crippen molar-refractivity contribution < 1.29 is 31.1 Å². The number of thiazole rings is 1. The lowest BCUT2D eigenvalue weighted by atomic mass is 9.99. The van der Waals surface area contributed by atoms with E-state index in [1.54, 1.807) is 31.7 Å². The molecule has 2 aromatic heterocycles. The summed E-state index contributed by atoms with van der Waals surface area (Å²) >= 11 is 1.25. The molecule has 1 aliphatic heterocycles. The molecule has 5 rings (SSSR count). The third-order valence-corrected chi connectivity index (χ3v) is 9.27. The molecule has 1 aliphatic rings. The molecule has 0 radical (unpaired) electrons. The number of rotatable bonds is 6. The lowest BCUT2D eigenvalue weighted by Crippen LogP contribution is -2.42. The van der Waals surface area contributed by atoms with Gasteiger partial charge in [0.05, 0.1) is 27.0 Å². The number of carbonyl (C=O) groups excluding carboxylic acids is 1. The third-order valence-electron chi connectivity index (χ3n) is 6.65. The summed E-state index contributed by atoms with van der Waals surface area (Å²) in [7, 11) is -4.70. The van der Waals surface area contributed by atoms with E-state index in [0.717, 1.165) is 12.1 Å². The van der Waals surface area contributed by atoms with Gasteiger partial charge in [0.15, 0.2) is 5.82 Å². The Bertz CT molecular complexity index is 1830. The molecule has 2 aromatic carbocycles. The zero-order valence-electron chi connectivity index (χ0n) is 24.0. The predicted molar refractivity (Wildman–Crippen MR) is 160 cm³/mol. The molecule has 1 amide bonds. The minimum Gasteiger partial charge on any atom is -0.444 e. The van der Waals surface area contributed by atoms with Gasteiger partial charge in [-0.2, -0.15) is 0 Å². The predicted octanol–water partition coefficient (Wildman–Crippen LogP) is 6.18. The van der Waals surface area contributed by atoms with E-state index in [1.165, 1.54) is 29.7 Å². The van der Waals surface area contributed by atoms with E-state index in [2.05, 4.69) is 9.97 Å². The van der Waals surface area contributed by atoms with Crippen molar-refractivity contribution in [3.05, 3.63) is 71.1 Å². The normalized spacial score (nSPS) is 15.7. The standard InChI is InChI=1S/C29H29F3N6O4S2/c1-29(2,3)42-28(39)38-13-5-6-16(15-38)26-36-24(25(43-26)21-11-12-34-27(33)35-21)18-7-4-8-20(23(18)32)37-44(40,41)22-14-17(30)9-10-19(22)31/h4,7-12,14,16,37H,5-6,13,15H2,1-3H3,(H2,33,34,35). The van der Waals surface area contributed by atoms with Crippen LogP contribution in [-0.2, 0) is 14.8 Å². The van der Waals surface area contributed by atoms with Gasteiger partial charge in [-0.15, -0.1) is 11.3 Å². The number of hydrogen-bond acceptors (Lipinski definition) is 9. The summed E-state index contributed by atoms with van der Waals surface area (Å²) in [5, 5.41) is 0.604. The molecule has 1 fully saturated rings. The van der Waals surface area contributed by atoms with Crippen LogP contribution in [0.2, 0.25) is 0 Å². The number of benzene rings is 2. The minimum atomic E-state index is -4.70. The van der Waals surface area contributed by atoms with Gasteiger partial charge in [0.25, 0.3) is 10.0 Å². The zero-order chi connectivity index (χ0) is 31.8. The summed E-state index contributed by atoms with van der Waals surface area (Å²) in [6.07, 6.45) is 2.40. The highest BCUT2D eigenvalue weighted by Gasteiger charge is 2.32. The first kappa shape index (κ1) is 31.2. The van der Waals surface area contributed by atoms with Crippen LogP contribution in [0, 0.1) is 17.5 Å². The first-order valence-corrected chi connectivity index (χ1v) is 15.9. The molecule has 15 heteroatoms. The van der Waals surface area contributed by atoms with Crippen molar-refractivity contribution in [2.24, 2.45) is 0 Å². The van der Waals surface area contributed by atoms with Gasteiger partial charge in [0, 0.05) is 30.8 Å². The molecule has 0 aliphatic carbocycles. The van der Waals surface area contributed by atoms with Gasteiger partial charge < -0.3 is 15.4 Å². The van der Waals surface area contributed by atoms with E-state index in [-0.39, 0.29) is 23.1 Å². The molecule has 232 valence electrons. The van der Waals surface area contributed by atoms with Crippen molar-refractivity contribution in [1.29, 1.82) is 0 Å². The first-order chi connectivity index (χ1) is 20.7. The van der Waals surface area contributed by atoms with Gasteiger partial charge >= 0.3 is 6.09 Å². The second-order valence-electron chi connectivity index (χ2n) is 11.1. The SMILES string of the molecule is CC(C)(C)OC(=O)N1CCCC(c2nc(-c3cccc(NS(=O)(=O)c4cc(F)ccc4F)c3F)c(-c3ccnc(N)n3)s2)C1. The van der Waals surface area contributed by atoms with E-state index in [1.807, 2.05) is 4.72 Å². The number of amides is 1. The Balaban J connectivity index is 1.54. The van der Waals surface area contributed by atoms with Gasteiger partial charge in [0.1, 0.15) is 22.1 Å². The van der Waals surface area contributed by atoms with Crippen LogP contribution in [0.5, 0.6) is 0 Å². The van der Waals surface area contributed by atoms with E-state index >= 15 is 4.39 Å². The van der Waals surface area contributed by atoms with Crippen molar-refractivity contribution in [2.75, 3.05) is 23.5 Å². The molecule has 0 saturated carbocycles. The summed E-state index contributed by atoms with van der Waals surface area (Å²) in [5.41, 5.74) is 5.13. The highest BCUT2D eigenvalue weighted by atomic mass is 32.2. The number of nitrogens with one attached hydrogen (secondary N) is 1. The quantitative estimate of drug-likeness (QED) is 0.253. The van der Waals surface area contributed by atoms with Gasteiger partial charge in [-0.3, -0.25) is 4.72 Å². The number of nitrogens with zero attached hydrogens (tertiary/aromatic N) is 4. The maximum Gasteiger partial charge on any atom is 0.410 e. The number of carbonyl (C=O) groups is 1. The molecular weight excluding hydrogens is 617 g/mol. The van der Waals surface area contributed by atoms with Crippen molar-refractivity contribution in [1.82, 2.24) is 19.9 Å². The van der Waals surface area contributed by atoms with Crippen LogP contribution in [0.15, 0.2) is 53.6 Å². The number of hydrogen-bond donors (Lipinski definition) is 2. The first-order valence-electron chi connectivity index (χ1n) is 13.6. The number of piperidine rings is 1. The van der Waals surface area contributed by atoms with Crippen LogP contribution in [-0.4, -0.2) is 53.1 Å². The Morgan fingerprint density at radius 3 is 2.64 bits per heavy atom. The average Bonchev–Trinajstić information content (AvgIpc) is 3.40. The van der Waals surface area contributed by atoms with Crippen LogP contribution in [0.25, 0.3) is 21.8 Å². The molecule has 1 atom stereocenters. The lowest BCUT2D eigenvalue weighted by molar-refractivity contribution is 0.0198. The van der Waals surface area contributed by atoms with Gasteiger partial charge in [-0.1, -0.05) is 6.07 Å². The molecular formula is C29H29F3N6O4S2. The molecule has 44 heavy (non-hydrogen) atoms. The van der Waals surface area contributed by atoms with E-state index in [4.69, 9.17) is 15.5 Å². The number of halogens is 3. The third kappa shape index (κ3) is 6.78. The Kier molecular flexibility index (Phi) is 8.53. The summed E-state index contributed by atoms with van der Waals surface area (Å²) < 4.78 is 77.5. The lowest BCUT2D eigenvalue weighted by Gasteiger charge is -2.33. The Morgan fingerprint density at radius 1 is 1.14 bits per heavy atom. The van der Waals surface area contributed by atoms with E-state index < -0.39 is 49.8 Å². The minimum absolute atomic E-state index is 0.0173. The van der Waals surface area contributed by atoms with Gasteiger partial charge in [-0.25, -0.2) is 41.3 Å². The molecule has 3 N–H and O–H groups in total. The fraction of sp³-hybridized carbons (Fsp3) is 0.310. The fourth-order valence-corrected chi connectivity index (χ4v) is 7.04. The molecule has 1 saturated heterocycles. The zero-order valence-corrected chi connectivity index (χ0v) is 25.6. The van der Waals surface area contributed by atoms with Gasteiger partial charge in [-0.05, 0) is 70.0 Å². The average molecular weight is 647 g/mol. The fourth-order valence-electron chi connectivity index (χ4n) is 4.72. The number of aromatic nitrogens is 3. The highest BCUT2D eigenvalue weighted by Crippen LogP contribution is 2.42. The Labute approximate surface area is 256 Å². The molecule has 3 heterocycles. The molecule has 0 spiro atoms. The summed E-state index contributed by atoms with van der Waals surface area (Å²) in [4.78, 5) is 26.9. The largest absolute Gasteiger partial charge is 0.444 e. The Hall–Kier alpha value is -4.24. The second-order valence-corrected chi connectivity index (χ2v) is 13.8. The highest BCUT2D eigenvalue weighted by molar-refractivity contribution is 7.92. The van der Waals surface area contributed by atoms with Gasteiger partial charge in [0.2, 0.25) is 5.95 Å². The number of nitrogens with two attached hydrogens (primary N) is 1. The maximum atomic E-state index is 16.1. The van der Waals surface area contributed by atoms with E-state index in [9.17, 15) is 22.0 Å². The van der Waals surface area contributed by atoms with Crippen LogP contribution in [0.3, 0.4) is 0 Å². The number of ether oxygens (including phenoxy) is 1. The van der Waals surface area contributed by atoms with E-state index in [0.29, 0.717) is 53.6 Å². The number of likely N-dealkylation sites (tertiary alicyclic amines) is 1. The van der Waals surface area contributed by atoms with Crippen molar-refractivity contribution in [2.45, 2.75) is 50.0 Å². The monoisotopic (exact) mass is 646 g/mol. The number of anilines is 2. The van der Waals surface area contributed by atoms with Crippen LogP contribution < -0.4 is 10.5 Å². The topological polar surface area (TPSA) is 140 Å². The second kappa shape index (κ2) is 12.0. The number of nitrogen functional groups attached to an aromatic ring is 1. The van der Waals surface area contributed by atoms with Crippen molar-refractivity contribution in [3.63, 3.8) is 0 Å². The van der Waals surface area contributed by atoms with Crippen LogP contribution in [0.1, 0.15) is 44.5 Å². The Morgan fingerprint density at radius 2 is 1.91 bits per heavy atom. The molecule has 1 unspecified atom stereocenters. The maximum absolute atomic E-state index is 16.1. The molecule has 0 bridgehead atoms. The van der Waals surface area contributed by atoms with Crippen LogP contribution >= 0.6 is 11.3 Å². The summed E-state index contributed by atoms with van der Waals surface area (Å²) in [5.74, 6) is -3.38. The van der Waals surface area contributed by atoms with Crippen molar-refractivity contribution in [3.8, 4) is 21.8 Å². The smallest absolute Gasteiger partial charge is 0.410 e. The molecule has 10 nitrogen and oxygen atoms in total. The van der Waals surface area contributed by atoms with Crippen molar-refractivity contribution >= 4 is 39.1 Å². The summed E-state index contributed by atoms with van der Waals surface area (Å²) in [6, 6.07) is 7.51. The van der Waals surface area contributed by atoms with Crippen LogP contribution in [0.4, 0.5) is 29.6 Å². The number of sulfonamides is 1.